The fraction of sp³-hybridized carbons (Fsp3) is 0.250. The van der Waals surface area contributed by atoms with Gasteiger partial charge in [-0.2, -0.15) is 0 Å². The predicted molar refractivity (Wildman–Crippen MR) is 81.4 cm³/mol. The number of esters is 1. The van der Waals surface area contributed by atoms with Gasteiger partial charge in [0.25, 0.3) is 5.91 Å². The molecule has 1 amide bonds. The van der Waals surface area contributed by atoms with Gasteiger partial charge in [0.05, 0.1) is 7.11 Å². The zero-order chi connectivity index (χ0) is 16.4. The fourth-order valence-corrected chi connectivity index (χ4v) is 1.51. The molecule has 22 heavy (non-hydrogen) atoms. The van der Waals surface area contributed by atoms with Crippen molar-refractivity contribution in [1.29, 1.82) is 0 Å². The highest BCUT2D eigenvalue weighted by Gasteiger charge is 2.06. The zero-order valence-corrected chi connectivity index (χ0v) is 12.5. The Morgan fingerprint density at radius 1 is 1.32 bits per heavy atom. The third kappa shape index (κ3) is 6.13. The van der Waals surface area contributed by atoms with Crippen molar-refractivity contribution in [3.63, 3.8) is 0 Å². The number of phenols is 1. The molecule has 0 atom stereocenters. The standard InChI is InChI=1S/C16H19NO5/c1-3-4-5-6-16(20)22-11-15(19)17-10-12-7-8-13(18)14(9-12)21-2/h3-9,18H,10-11H2,1-2H3,(H,17,19)/b4-3+,6-5?. The van der Waals surface area contributed by atoms with Crippen molar-refractivity contribution in [3.8, 4) is 11.5 Å². The molecule has 0 aliphatic heterocycles. The Morgan fingerprint density at radius 2 is 2.09 bits per heavy atom. The molecular formula is C16H19NO5. The van der Waals surface area contributed by atoms with Crippen LogP contribution in [0.4, 0.5) is 0 Å². The molecule has 0 heterocycles. The highest BCUT2D eigenvalue weighted by atomic mass is 16.5. The van der Waals surface area contributed by atoms with E-state index in [2.05, 4.69) is 5.32 Å². The molecule has 2 N–H and O–H groups in total. The van der Waals surface area contributed by atoms with E-state index in [1.165, 1.54) is 25.3 Å². The van der Waals surface area contributed by atoms with Gasteiger partial charge in [-0.15, -0.1) is 0 Å². The maximum atomic E-state index is 11.6. The number of carbonyl (C=O) groups is 2. The van der Waals surface area contributed by atoms with E-state index in [9.17, 15) is 14.7 Å². The molecule has 0 saturated carbocycles. The lowest BCUT2D eigenvalue weighted by molar-refractivity contribution is -0.143. The first-order valence-corrected chi connectivity index (χ1v) is 6.65. The van der Waals surface area contributed by atoms with Crippen molar-refractivity contribution < 1.29 is 24.2 Å². The van der Waals surface area contributed by atoms with Crippen LogP contribution in [0.2, 0.25) is 0 Å². The van der Waals surface area contributed by atoms with Crippen molar-refractivity contribution in [3.05, 3.63) is 48.1 Å². The van der Waals surface area contributed by atoms with Gasteiger partial charge in [0, 0.05) is 12.6 Å². The van der Waals surface area contributed by atoms with Crippen LogP contribution < -0.4 is 10.1 Å². The topological polar surface area (TPSA) is 84.9 Å². The van der Waals surface area contributed by atoms with Crippen LogP contribution in [-0.2, 0) is 20.9 Å². The van der Waals surface area contributed by atoms with Crippen LogP contribution in [0.15, 0.2) is 42.5 Å². The quantitative estimate of drug-likeness (QED) is 0.455. The van der Waals surface area contributed by atoms with Crippen molar-refractivity contribution in [2.75, 3.05) is 13.7 Å². The second-order valence-corrected chi connectivity index (χ2v) is 4.28. The molecule has 0 fully saturated rings. The summed E-state index contributed by atoms with van der Waals surface area (Å²) >= 11 is 0. The Bertz CT molecular complexity index is 578. The summed E-state index contributed by atoms with van der Waals surface area (Å²) < 4.78 is 9.74. The molecule has 0 saturated heterocycles. The number of phenolic OH excluding ortho intramolecular Hbond substituents is 1. The first-order chi connectivity index (χ1) is 10.6. The van der Waals surface area contributed by atoms with Gasteiger partial charge in [0.15, 0.2) is 18.1 Å². The normalized spacial score (nSPS) is 10.8. The van der Waals surface area contributed by atoms with E-state index < -0.39 is 11.9 Å². The Morgan fingerprint density at radius 3 is 2.77 bits per heavy atom. The smallest absolute Gasteiger partial charge is 0.331 e. The van der Waals surface area contributed by atoms with Crippen LogP contribution in [0, 0.1) is 0 Å². The van der Waals surface area contributed by atoms with Crippen LogP contribution in [-0.4, -0.2) is 30.7 Å². The molecule has 0 unspecified atom stereocenters. The second kappa shape index (κ2) is 9.23. The number of allylic oxidation sites excluding steroid dienone is 3. The van der Waals surface area contributed by atoms with Crippen LogP contribution in [0.3, 0.4) is 0 Å². The summed E-state index contributed by atoms with van der Waals surface area (Å²) in [5.74, 6) is -0.647. The zero-order valence-electron chi connectivity index (χ0n) is 12.5. The van der Waals surface area contributed by atoms with Gasteiger partial charge < -0.3 is 19.9 Å². The summed E-state index contributed by atoms with van der Waals surface area (Å²) in [6.07, 6.45) is 6.21. The van der Waals surface area contributed by atoms with Gasteiger partial charge in [-0.25, -0.2) is 4.79 Å². The molecule has 0 radical (unpaired) electrons. The maximum absolute atomic E-state index is 11.6. The lowest BCUT2D eigenvalue weighted by Crippen LogP contribution is -2.28. The van der Waals surface area contributed by atoms with Crippen molar-refractivity contribution in [2.24, 2.45) is 0 Å². The Balaban J connectivity index is 2.38. The van der Waals surface area contributed by atoms with E-state index in [0.29, 0.717) is 5.75 Å². The third-order valence-corrected chi connectivity index (χ3v) is 2.62. The minimum Gasteiger partial charge on any atom is -0.504 e. The summed E-state index contributed by atoms with van der Waals surface area (Å²) in [5, 5.41) is 12.1. The van der Waals surface area contributed by atoms with Gasteiger partial charge in [-0.3, -0.25) is 4.79 Å². The van der Waals surface area contributed by atoms with E-state index in [-0.39, 0.29) is 18.9 Å². The number of benzene rings is 1. The first-order valence-electron chi connectivity index (χ1n) is 6.65. The van der Waals surface area contributed by atoms with E-state index in [1.807, 2.05) is 6.92 Å². The molecule has 0 aliphatic rings. The van der Waals surface area contributed by atoms with Crippen LogP contribution in [0.5, 0.6) is 11.5 Å². The summed E-state index contributed by atoms with van der Waals surface area (Å²) in [7, 11) is 1.44. The van der Waals surface area contributed by atoms with Gasteiger partial charge in [-0.05, 0) is 24.6 Å². The lowest BCUT2D eigenvalue weighted by Gasteiger charge is -2.08. The van der Waals surface area contributed by atoms with Crippen LogP contribution >= 0.6 is 0 Å². The fourth-order valence-electron chi connectivity index (χ4n) is 1.51. The molecule has 1 aromatic carbocycles. The summed E-state index contributed by atoms with van der Waals surface area (Å²) in [5.41, 5.74) is 0.752. The van der Waals surface area contributed by atoms with E-state index in [4.69, 9.17) is 9.47 Å². The van der Waals surface area contributed by atoms with Crippen LogP contribution in [0.25, 0.3) is 0 Å². The van der Waals surface area contributed by atoms with Crippen LogP contribution in [0.1, 0.15) is 12.5 Å². The maximum Gasteiger partial charge on any atom is 0.331 e. The Hall–Kier alpha value is -2.76. The minimum atomic E-state index is -0.584. The molecular weight excluding hydrogens is 286 g/mol. The molecule has 6 heteroatoms. The monoisotopic (exact) mass is 305 g/mol. The van der Waals surface area contributed by atoms with E-state index in [1.54, 1.807) is 24.3 Å². The number of methoxy groups -OCH3 is 1. The number of carbonyl (C=O) groups excluding carboxylic acids is 2. The SMILES string of the molecule is C/C=C/C=CC(=O)OCC(=O)NCc1ccc(O)c(OC)c1. The third-order valence-electron chi connectivity index (χ3n) is 2.62. The average Bonchev–Trinajstić information content (AvgIpc) is 2.52. The van der Waals surface area contributed by atoms with Crippen molar-refractivity contribution in [1.82, 2.24) is 5.32 Å². The number of nitrogens with one attached hydrogen (secondary N) is 1. The summed E-state index contributed by atoms with van der Waals surface area (Å²) in [6.45, 7) is 1.71. The van der Waals surface area contributed by atoms with Gasteiger partial charge in [0.2, 0.25) is 0 Å². The molecule has 1 aromatic rings. The van der Waals surface area contributed by atoms with Gasteiger partial charge in [-0.1, -0.05) is 24.3 Å². The highest BCUT2D eigenvalue weighted by Crippen LogP contribution is 2.25. The van der Waals surface area contributed by atoms with Crippen molar-refractivity contribution in [2.45, 2.75) is 13.5 Å². The number of aromatic hydroxyl groups is 1. The largest absolute Gasteiger partial charge is 0.504 e. The van der Waals surface area contributed by atoms with Gasteiger partial charge in [0.1, 0.15) is 0 Å². The summed E-state index contributed by atoms with van der Waals surface area (Å²) in [4.78, 5) is 22.8. The highest BCUT2D eigenvalue weighted by molar-refractivity contribution is 5.85. The molecule has 0 bridgehead atoms. The Kier molecular flexibility index (Phi) is 7.25. The molecule has 0 aliphatic carbocycles. The second-order valence-electron chi connectivity index (χ2n) is 4.28. The number of hydrogen-bond acceptors (Lipinski definition) is 5. The molecule has 1 rings (SSSR count). The number of amides is 1. The molecule has 0 spiro atoms. The first kappa shape index (κ1) is 17.3. The average molecular weight is 305 g/mol. The molecule has 118 valence electrons. The number of hydrogen-bond donors (Lipinski definition) is 2. The minimum absolute atomic E-state index is 0.0272. The number of rotatable bonds is 7. The van der Waals surface area contributed by atoms with Crippen molar-refractivity contribution >= 4 is 11.9 Å². The number of ether oxygens (including phenoxy) is 2. The van der Waals surface area contributed by atoms with Gasteiger partial charge >= 0.3 is 5.97 Å². The predicted octanol–water partition coefficient (Wildman–Crippen LogP) is 1.69. The Labute approximate surface area is 129 Å². The van der Waals surface area contributed by atoms with E-state index in [0.717, 1.165) is 5.56 Å². The lowest BCUT2D eigenvalue weighted by atomic mass is 10.2. The summed E-state index contributed by atoms with van der Waals surface area (Å²) in [6, 6.07) is 4.75. The van der Waals surface area contributed by atoms with E-state index >= 15 is 0 Å². The molecule has 0 aromatic heterocycles. The molecule has 6 nitrogen and oxygen atoms in total.